The van der Waals surface area contributed by atoms with Gasteiger partial charge in [-0.3, -0.25) is 4.99 Å². The summed E-state index contributed by atoms with van der Waals surface area (Å²) in [7, 11) is 0. The van der Waals surface area contributed by atoms with E-state index in [4.69, 9.17) is 4.74 Å². The van der Waals surface area contributed by atoms with Gasteiger partial charge in [0.25, 0.3) is 0 Å². The number of amides is 1. The first-order chi connectivity index (χ1) is 11.5. The number of rotatable bonds is 7. The van der Waals surface area contributed by atoms with Crippen molar-refractivity contribution < 1.29 is 22.7 Å². The van der Waals surface area contributed by atoms with Crippen molar-refractivity contribution >= 4 is 36.0 Å². The van der Waals surface area contributed by atoms with Crippen LogP contribution in [0.3, 0.4) is 0 Å². The summed E-state index contributed by atoms with van der Waals surface area (Å²) in [6.45, 7) is 8.25. The standard InChI is InChI=1S/C16H29F3N4O2.HI/c1-5-20-13(21-9-8-16(17,18)19)22-10-11-23(12-6-7-12)14(24)25-15(2,3)4;/h12H,5-11H2,1-4H3,(H2,20,21,22);1H. The molecule has 0 bridgehead atoms. The molecule has 6 nitrogen and oxygen atoms in total. The van der Waals surface area contributed by atoms with Crippen molar-refractivity contribution in [2.45, 2.75) is 64.8 Å². The van der Waals surface area contributed by atoms with Crippen LogP contribution in [-0.4, -0.2) is 61.0 Å². The van der Waals surface area contributed by atoms with Gasteiger partial charge in [0.2, 0.25) is 0 Å². The molecule has 1 fully saturated rings. The van der Waals surface area contributed by atoms with Gasteiger partial charge >= 0.3 is 12.3 Å². The second kappa shape index (κ2) is 11.0. The topological polar surface area (TPSA) is 66.0 Å². The van der Waals surface area contributed by atoms with Crippen molar-refractivity contribution in [3.05, 3.63) is 0 Å². The molecule has 1 rings (SSSR count). The molecule has 0 unspecified atom stereocenters. The number of carbonyl (C=O) groups excluding carboxylic acids is 1. The van der Waals surface area contributed by atoms with Crippen LogP contribution in [0.25, 0.3) is 0 Å². The molecule has 0 aliphatic heterocycles. The van der Waals surface area contributed by atoms with Gasteiger partial charge in [-0.1, -0.05) is 0 Å². The molecule has 154 valence electrons. The largest absolute Gasteiger partial charge is 0.444 e. The van der Waals surface area contributed by atoms with Crippen molar-refractivity contribution in [3.8, 4) is 0 Å². The summed E-state index contributed by atoms with van der Waals surface area (Å²) >= 11 is 0. The molecule has 1 aliphatic rings. The zero-order valence-corrected chi connectivity index (χ0v) is 18.1. The summed E-state index contributed by atoms with van der Waals surface area (Å²) in [5, 5.41) is 5.85. The Morgan fingerprint density at radius 3 is 2.31 bits per heavy atom. The predicted molar refractivity (Wildman–Crippen MR) is 106 cm³/mol. The summed E-state index contributed by atoms with van der Waals surface area (Å²) in [6.07, 6.45) is -3.66. The fraction of sp³-hybridized carbons (Fsp3) is 0.875. The molecule has 26 heavy (non-hydrogen) atoms. The lowest BCUT2D eigenvalue weighted by atomic mass is 10.2. The molecule has 1 saturated carbocycles. The maximum absolute atomic E-state index is 12.2. The highest BCUT2D eigenvalue weighted by molar-refractivity contribution is 14.0. The van der Waals surface area contributed by atoms with Crippen LogP contribution in [0.5, 0.6) is 0 Å². The first kappa shape index (κ1) is 25.1. The molecule has 0 spiro atoms. The summed E-state index contributed by atoms with van der Waals surface area (Å²) < 4.78 is 42.0. The Bertz CT molecular complexity index is 463. The number of ether oxygens (including phenoxy) is 1. The number of nitrogens with zero attached hydrogens (tertiary/aromatic N) is 2. The number of guanidine groups is 1. The Hall–Kier alpha value is -0.940. The summed E-state index contributed by atoms with van der Waals surface area (Å²) in [6, 6.07) is 0.182. The molecule has 0 heterocycles. The van der Waals surface area contributed by atoms with Gasteiger partial charge in [-0.15, -0.1) is 24.0 Å². The highest BCUT2D eigenvalue weighted by atomic mass is 127. The smallest absolute Gasteiger partial charge is 0.410 e. The van der Waals surface area contributed by atoms with E-state index in [0.29, 0.717) is 25.6 Å². The van der Waals surface area contributed by atoms with Crippen molar-refractivity contribution in [3.63, 3.8) is 0 Å². The van der Waals surface area contributed by atoms with Crippen LogP contribution in [0.2, 0.25) is 0 Å². The number of hydrogen-bond acceptors (Lipinski definition) is 3. The fourth-order valence-electron chi connectivity index (χ4n) is 2.06. The molecule has 1 amide bonds. The Balaban J connectivity index is 0.00000625. The first-order valence-electron chi connectivity index (χ1n) is 8.60. The lowest BCUT2D eigenvalue weighted by Crippen LogP contribution is -2.45. The molecule has 0 aromatic carbocycles. The summed E-state index contributed by atoms with van der Waals surface area (Å²) in [4.78, 5) is 17.8. The van der Waals surface area contributed by atoms with E-state index in [1.165, 1.54) is 0 Å². The van der Waals surface area contributed by atoms with Crippen LogP contribution in [0.1, 0.15) is 47.0 Å². The molecule has 0 aromatic rings. The second-order valence-corrected chi connectivity index (χ2v) is 6.96. The summed E-state index contributed by atoms with van der Waals surface area (Å²) in [5.41, 5.74) is -0.564. The van der Waals surface area contributed by atoms with Gasteiger partial charge < -0.3 is 20.3 Å². The van der Waals surface area contributed by atoms with E-state index in [-0.39, 0.29) is 42.7 Å². The minimum Gasteiger partial charge on any atom is -0.444 e. The van der Waals surface area contributed by atoms with Gasteiger partial charge in [0.05, 0.1) is 13.0 Å². The van der Waals surface area contributed by atoms with Crippen molar-refractivity contribution in [1.82, 2.24) is 15.5 Å². The van der Waals surface area contributed by atoms with Crippen molar-refractivity contribution in [1.29, 1.82) is 0 Å². The lowest BCUT2D eigenvalue weighted by Gasteiger charge is -2.27. The molecule has 10 heteroatoms. The Kier molecular flexibility index (Phi) is 10.6. The minimum absolute atomic E-state index is 0. The Morgan fingerprint density at radius 1 is 1.23 bits per heavy atom. The van der Waals surface area contributed by atoms with E-state index in [1.807, 2.05) is 27.7 Å². The quantitative estimate of drug-likeness (QED) is 0.323. The van der Waals surface area contributed by atoms with Crippen molar-refractivity contribution in [2.24, 2.45) is 4.99 Å². The van der Waals surface area contributed by atoms with Crippen LogP contribution in [-0.2, 0) is 4.74 Å². The molecular weight excluding hydrogens is 464 g/mol. The number of carbonyl (C=O) groups is 1. The monoisotopic (exact) mass is 494 g/mol. The summed E-state index contributed by atoms with van der Waals surface area (Å²) in [5.74, 6) is 0.312. The third kappa shape index (κ3) is 11.6. The van der Waals surface area contributed by atoms with E-state index in [1.54, 1.807) is 4.90 Å². The number of halogens is 4. The molecule has 0 saturated heterocycles. The highest BCUT2D eigenvalue weighted by Gasteiger charge is 2.34. The van der Waals surface area contributed by atoms with E-state index < -0.39 is 18.2 Å². The van der Waals surface area contributed by atoms with Crippen LogP contribution in [0, 0.1) is 0 Å². The predicted octanol–water partition coefficient (Wildman–Crippen LogP) is 3.51. The highest BCUT2D eigenvalue weighted by Crippen LogP contribution is 2.28. The average molecular weight is 494 g/mol. The van der Waals surface area contributed by atoms with Gasteiger partial charge in [0, 0.05) is 25.7 Å². The van der Waals surface area contributed by atoms with Crippen LogP contribution < -0.4 is 10.6 Å². The third-order valence-corrected chi connectivity index (χ3v) is 3.27. The normalized spacial score (nSPS) is 15.1. The maximum Gasteiger partial charge on any atom is 0.410 e. The van der Waals surface area contributed by atoms with E-state index >= 15 is 0 Å². The van der Waals surface area contributed by atoms with E-state index in [9.17, 15) is 18.0 Å². The molecule has 0 aromatic heterocycles. The van der Waals surface area contributed by atoms with Crippen LogP contribution in [0.15, 0.2) is 4.99 Å². The van der Waals surface area contributed by atoms with Gasteiger partial charge in [-0.25, -0.2) is 4.79 Å². The lowest BCUT2D eigenvalue weighted by molar-refractivity contribution is -0.132. The number of aliphatic imine (C=N–C) groups is 1. The molecular formula is C16H30F3IN4O2. The molecule has 1 aliphatic carbocycles. The number of alkyl halides is 3. The van der Waals surface area contributed by atoms with Crippen LogP contribution in [0.4, 0.5) is 18.0 Å². The number of nitrogens with one attached hydrogen (secondary N) is 2. The number of hydrogen-bond donors (Lipinski definition) is 2. The Morgan fingerprint density at radius 2 is 1.85 bits per heavy atom. The van der Waals surface area contributed by atoms with E-state index in [2.05, 4.69) is 15.6 Å². The fourth-order valence-corrected chi connectivity index (χ4v) is 2.06. The van der Waals surface area contributed by atoms with Gasteiger partial charge in [0.15, 0.2) is 5.96 Å². The maximum atomic E-state index is 12.2. The van der Waals surface area contributed by atoms with Crippen molar-refractivity contribution in [2.75, 3.05) is 26.2 Å². The van der Waals surface area contributed by atoms with Gasteiger partial charge in [-0.2, -0.15) is 13.2 Å². The van der Waals surface area contributed by atoms with E-state index in [0.717, 1.165) is 12.8 Å². The zero-order valence-electron chi connectivity index (χ0n) is 15.8. The molecule has 2 N–H and O–H groups in total. The van der Waals surface area contributed by atoms with Crippen LogP contribution >= 0.6 is 24.0 Å². The zero-order chi connectivity index (χ0) is 19.1. The van der Waals surface area contributed by atoms with Gasteiger partial charge in [0.1, 0.15) is 5.60 Å². The first-order valence-corrected chi connectivity index (χ1v) is 8.60. The third-order valence-electron chi connectivity index (χ3n) is 3.27. The molecule has 0 atom stereocenters. The average Bonchev–Trinajstić information content (AvgIpc) is 3.24. The Labute approximate surface area is 170 Å². The second-order valence-electron chi connectivity index (χ2n) is 6.96. The minimum atomic E-state index is -4.22. The van der Waals surface area contributed by atoms with Gasteiger partial charge in [-0.05, 0) is 40.5 Å². The SMILES string of the molecule is CCNC(=NCCC(F)(F)F)NCCN(C(=O)OC(C)(C)C)C1CC1.I. The molecule has 0 radical (unpaired) electrons.